The average Bonchev–Trinajstić information content (AvgIpc) is 2.48. The molecule has 0 N–H and O–H groups in total. The van der Waals surface area contributed by atoms with Crippen molar-refractivity contribution in [3.8, 4) is 0 Å². The number of ether oxygens (including phenoxy) is 1. The molecular formula is C19H34O2. The first-order valence-electron chi connectivity index (χ1n) is 8.74. The number of esters is 1. The van der Waals surface area contributed by atoms with Crippen molar-refractivity contribution in [2.45, 2.75) is 91.1 Å². The molecule has 0 aromatic carbocycles. The minimum absolute atomic E-state index is 0.0986. The summed E-state index contributed by atoms with van der Waals surface area (Å²) in [5.41, 5.74) is 0. The molecule has 21 heavy (non-hydrogen) atoms. The van der Waals surface area contributed by atoms with E-state index in [1.807, 2.05) is 19.1 Å². The highest BCUT2D eigenvalue weighted by molar-refractivity contribution is 5.82. The van der Waals surface area contributed by atoms with Gasteiger partial charge in [0.05, 0.1) is 0 Å². The fourth-order valence-corrected chi connectivity index (χ4v) is 2.31. The van der Waals surface area contributed by atoms with Gasteiger partial charge in [-0.2, -0.15) is 0 Å². The van der Waals surface area contributed by atoms with Crippen LogP contribution in [0.2, 0.25) is 0 Å². The van der Waals surface area contributed by atoms with Crippen molar-refractivity contribution in [1.82, 2.24) is 0 Å². The van der Waals surface area contributed by atoms with Gasteiger partial charge in [-0.25, -0.2) is 4.79 Å². The van der Waals surface area contributed by atoms with Gasteiger partial charge in [-0.15, -0.1) is 0 Å². The monoisotopic (exact) mass is 294 g/mol. The van der Waals surface area contributed by atoms with Crippen LogP contribution in [-0.2, 0) is 9.53 Å². The van der Waals surface area contributed by atoms with Gasteiger partial charge >= 0.3 is 5.97 Å². The minimum Gasteiger partial charge on any atom is -0.459 e. The van der Waals surface area contributed by atoms with Crippen LogP contribution in [0.3, 0.4) is 0 Å². The van der Waals surface area contributed by atoms with Crippen LogP contribution in [0.1, 0.15) is 85.0 Å². The largest absolute Gasteiger partial charge is 0.459 e. The predicted molar refractivity (Wildman–Crippen MR) is 91.4 cm³/mol. The molecule has 0 amide bonds. The van der Waals surface area contributed by atoms with E-state index in [9.17, 15) is 4.79 Å². The third-order valence-electron chi connectivity index (χ3n) is 3.58. The van der Waals surface area contributed by atoms with Gasteiger partial charge in [0.2, 0.25) is 0 Å². The fraction of sp³-hybridized carbons (Fsp3) is 0.737. The molecule has 0 bridgehead atoms. The summed E-state index contributed by atoms with van der Waals surface area (Å²) in [6, 6.07) is 0. The van der Waals surface area contributed by atoms with E-state index in [2.05, 4.69) is 13.8 Å². The first-order valence-corrected chi connectivity index (χ1v) is 8.74. The molecule has 0 saturated heterocycles. The molecule has 0 fully saturated rings. The van der Waals surface area contributed by atoms with Crippen LogP contribution in [0.4, 0.5) is 0 Å². The van der Waals surface area contributed by atoms with Crippen molar-refractivity contribution in [2.24, 2.45) is 0 Å². The molecule has 0 atom stereocenters. The SMILES string of the molecule is CC=CC=CC(=O)OC(CCCCCC)CCCCCC. The highest BCUT2D eigenvalue weighted by Crippen LogP contribution is 2.15. The topological polar surface area (TPSA) is 26.3 Å². The van der Waals surface area contributed by atoms with Gasteiger partial charge in [0.15, 0.2) is 0 Å². The molecule has 0 saturated carbocycles. The van der Waals surface area contributed by atoms with Gasteiger partial charge in [0.1, 0.15) is 6.10 Å². The van der Waals surface area contributed by atoms with Crippen LogP contribution in [0.25, 0.3) is 0 Å². The second-order valence-electron chi connectivity index (χ2n) is 5.64. The normalized spacial score (nSPS) is 11.8. The van der Waals surface area contributed by atoms with Crippen molar-refractivity contribution < 1.29 is 9.53 Å². The summed E-state index contributed by atoms with van der Waals surface area (Å²) in [6.45, 7) is 6.36. The number of hydrogen-bond donors (Lipinski definition) is 0. The Kier molecular flexibility index (Phi) is 14.6. The van der Waals surface area contributed by atoms with Crippen LogP contribution in [0, 0.1) is 0 Å². The molecule has 0 unspecified atom stereocenters. The van der Waals surface area contributed by atoms with Crippen molar-refractivity contribution in [3.05, 3.63) is 24.3 Å². The molecule has 0 aromatic heterocycles. The lowest BCUT2D eigenvalue weighted by molar-refractivity contribution is -0.143. The molecule has 2 heteroatoms. The van der Waals surface area contributed by atoms with E-state index >= 15 is 0 Å². The molecule has 0 aromatic rings. The van der Waals surface area contributed by atoms with Gasteiger partial charge in [-0.1, -0.05) is 70.6 Å². The molecule has 0 radical (unpaired) electrons. The first kappa shape index (κ1) is 19.9. The standard InChI is InChI=1S/C19H34O2/c1-4-7-10-13-15-18(16-14-11-8-5-2)21-19(20)17-12-9-6-3/h6,9,12,17-18H,4-5,7-8,10-11,13-16H2,1-3H3. The van der Waals surface area contributed by atoms with Crippen LogP contribution in [0.5, 0.6) is 0 Å². The molecule has 0 spiro atoms. The summed E-state index contributed by atoms with van der Waals surface area (Å²) in [5.74, 6) is -0.205. The third-order valence-corrected chi connectivity index (χ3v) is 3.58. The maximum Gasteiger partial charge on any atom is 0.331 e. The smallest absolute Gasteiger partial charge is 0.331 e. The number of carbonyl (C=O) groups excluding carboxylic acids is 1. The molecule has 2 nitrogen and oxygen atoms in total. The molecule has 0 rings (SSSR count). The zero-order chi connectivity index (χ0) is 15.8. The van der Waals surface area contributed by atoms with E-state index < -0.39 is 0 Å². The Bertz CT molecular complexity index is 280. The van der Waals surface area contributed by atoms with Crippen molar-refractivity contribution in [3.63, 3.8) is 0 Å². The summed E-state index contributed by atoms with van der Waals surface area (Å²) >= 11 is 0. The van der Waals surface area contributed by atoms with E-state index in [-0.39, 0.29) is 12.1 Å². The average molecular weight is 294 g/mol. The summed E-state index contributed by atoms with van der Waals surface area (Å²) in [5, 5.41) is 0. The highest BCUT2D eigenvalue weighted by atomic mass is 16.5. The minimum atomic E-state index is -0.205. The lowest BCUT2D eigenvalue weighted by Crippen LogP contribution is -2.17. The summed E-state index contributed by atoms with van der Waals surface area (Å²) in [7, 11) is 0. The predicted octanol–water partition coefficient (Wildman–Crippen LogP) is 5.97. The maximum absolute atomic E-state index is 11.8. The van der Waals surface area contributed by atoms with Crippen LogP contribution in [-0.4, -0.2) is 12.1 Å². The Morgan fingerprint density at radius 2 is 1.48 bits per heavy atom. The molecule has 0 aliphatic rings. The van der Waals surface area contributed by atoms with Crippen LogP contribution in [0.15, 0.2) is 24.3 Å². The van der Waals surface area contributed by atoms with Gasteiger partial charge < -0.3 is 4.74 Å². The zero-order valence-corrected chi connectivity index (χ0v) is 14.3. The first-order chi connectivity index (χ1) is 10.2. The molecule has 0 aliphatic heterocycles. The molecule has 0 heterocycles. The lowest BCUT2D eigenvalue weighted by Gasteiger charge is -2.17. The number of hydrogen-bond acceptors (Lipinski definition) is 2. The van der Waals surface area contributed by atoms with Gasteiger partial charge in [-0.05, 0) is 32.6 Å². The summed E-state index contributed by atoms with van der Waals surface area (Å²) in [4.78, 5) is 11.8. The van der Waals surface area contributed by atoms with E-state index in [4.69, 9.17) is 4.74 Å². The molecule has 122 valence electrons. The van der Waals surface area contributed by atoms with Gasteiger partial charge in [0, 0.05) is 6.08 Å². The Balaban J connectivity index is 4.11. The van der Waals surface area contributed by atoms with Gasteiger partial charge in [0.25, 0.3) is 0 Å². The van der Waals surface area contributed by atoms with Crippen molar-refractivity contribution >= 4 is 5.97 Å². The third kappa shape index (κ3) is 13.7. The number of rotatable bonds is 13. The number of carbonyl (C=O) groups is 1. The maximum atomic E-state index is 11.8. The van der Waals surface area contributed by atoms with E-state index in [0.29, 0.717) is 0 Å². The fourth-order valence-electron chi connectivity index (χ4n) is 2.31. The summed E-state index contributed by atoms with van der Waals surface area (Å²) in [6.07, 6.45) is 19.0. The Morgan fingerprint density at radius 1 is 0.905 bits per heavy atom. The number of unbranched alkanes of at least 4 members (excludes halogenated alkanes) is 6. The van der Waals surface area contributed by atoms with Crippen molar-refractivity contribution in [2.75, 3.05) is 0 Å². The summed E-state index contributed by atoms with van der Waals surface area (Å²) < 4.78 is 5.60. The lowest BCUT2D eigenvalue weighted by atomic mass is 10.0. The second kappa shape index (κ2) is 15.3. The Morgan fingerprint density at radius 3 is 1.95 bits per heavy atom. The molecular weight excluding hydrogens is 260 g/mol. The highest BCUT2D eigenvalue weighted by Gasteiger charge is 2.12. The molecule has 0 aliphatic carbocycles. The van der Waals surface area contributed by atoms with E-state index in [0.717, 1.165) is 25.7 Å². The number of allylic oxidation sites excluding steroid dienone is 3. The van der Waals surface area contributed by atoms with Crippen LogP contribution >= 0.6 is 0 Å². The van der Waals surface area contributed by atoms with E-state index in [1.165, 1.54) is 44.6 Å². The quantitative estimate of drug-likeness (QED) is 0.181. The Hall–Kier alpha value is -1.05. The van der Waals surface area contributed by atoms with E-state index in [1.54, 1.807) is 6.08 Å². The van der Waals surface area contributed by atoms with Crippen molar-refractivity contribution in [1.29, 1.82) is 0 Å². The Labute approximate surface area is 131 Å². The second-order valence-corrected chi connectivity index (χ2v) is 5.64. The van der Waals surface area contributed by atoms with Gasteiger partial charge in [-0.3, -0.25) is 0 Å². The van der Waals surface area contributed by atoms with Crippen LogP contribution < -0.4 is 0 Å². The zero-order valence-electron chi connectivity index (χ0n) is 14.3.